The van der Waals surface area contributed by atoms with Gasteiger partial charge >= 0.3 is 0 Å². The molecule has 0 unspecified atom stereocenters. The third-order valence-corrected chi connectivity index (χ3v) is 4.53. The van der Waals surface area contributed by atoms with Gasteiger partial charge < -0.3 is 15.5 Å². The van der Waals surface area contributed by atoms with Gasteiger partial charge in [0, 0.05) is 24.8 Å². The van der Waals surface area contributed by atoms with Crippen molar-refractivity contribution in [2.75, 3.05) is 37.6 Å². The van der Waals surface area contributed by atoms with Crippen molar-refractivity contribution in [1.29, 1.82) is 0 Å². The molecule has 1 aromatic carbocycles. The average molecular weight is 277 g/mol. The maximum Gasteiger partial charge on any atom is 0.123 e. The standard InChI is InChI=1S/C16H24FN3/c17-14-1-3-16(4-2-14)20-10-7-15(12-20)19-11-13-5-8-18-9-6-13/h1-4,13,15,18-19H,5-12H2/t15-/m0/s1. The molecule has 0 radical (unpaired) electrons. The van der Waals surface area contributed by atoms with Gasteiger partial charge in [0.2, 0.25) is 0 Å². The molecule has 2 aliphatic rings. The summed E-state index contributed by atoms with van der Waals surface area (Å²) in [4.78, 5) is 2.35. The Morgan fingerprint density at radius 2 is 1.90 bits per heavy atom. The smallest absolute Gasteiger partial charge is 0.123 e. The van der Waals surface area contributed by atoms with Crippen LogP contribution in [-0.2, 0) is 0 Å². The van der Waals surface area contributed by atoms with Crippen molar-refractivity contribution >= 4 is 5.69 Å². The summed E-state index contributed by atoms with van der Waals surface area (Å²) in [6.07, 6.45) is 3.77. The van der Waals surface area contributed by atoms with Gasteiger partial charge in [0.05, 0.1) is 0 Å². The number of rotatable bonds is 4. The fraction of sp³-hybridized carbons (Fsp3) is 0.625. The van der Waals surface area contributed by atoms with E-state index in [9.17, 15) is 4.39 Å². The van der Waals surface area contributed by atoms with Gasteiger partial charge in [0.1, 0.15) is 5.82 Å². The van der Waals surface area contributed by atoms with Crippen LogP contribution in [0.25, 0.3) is 0 Å². The number of hydrogen-bond donors (Lipinski definition) is 2. The molecule has 0 bridgehead atoms. The zero-order valence-corrected chi connectivity index (χ0v) is 11.9. The Bertz CT molecular complexity index is 414. The van der Waals surface area contributed by atoms with Gasteiger partial charge in [-0.15, -0.1) is 0 Å². The van der Waals surface area contributed by atoms with Crippen LogP contribution in [0.1, 0.15) is 19.3 Å². The number of hydrogen-bond acceptors (Lipinski definition) is 3. The topological polar surface area (TPSA) is 27.3 Å². The highest BCUT2D eigenvalue weighted by molar-refractivity contribution is 5.47. The van der Waals surface area contributed by atoms with E-state index >= 15 is 0 Å². The summed E-state index contributed by atoms with van der Waals surface area (Å²) in [5, 5.41) is 7.13. The minimum atomic E-state index is -0.159. The third kappa shape index (κ3) is 3.49. The summed E-state index contributed by atoms with van der Waals surface area (Å²) in [6.45, 7) is 5.58. The molecule has 2 aliphatic heterocycles. The zero-order chi connectivity index (χ0) is 13.8. The van der Waals surface area contributed by atoms with Crippen molar-refractivity contribution in [3.63, 3.8) is 0 Å². The van der Waals surface area contributed by atoms with Crippen LogP contribution in [0.3, 0.4) is 0 Å². The molecule has 3 nitrogen and oxygen atoms in total. The molecule has 2 N–H and O–H groups in total. The van der Waals surface area contributed by atoms with Crippen LogP contribution in [0.15, 0.2) is 24.3 Å². The quantitative estimate of drug-likeness (QED) is 0.881. The second kappa shape index (κ2) is 6.55. The lowest BCUT2D eigenvalue weighted by Gasteiger charge is -2.25. The van der Waals surface area contributed by atoms with Gasteiger partial charge in [-0.05, 0) is 69.1 Å². The summed E-state index contributed by atoms with van der Waals surface area (Å²) < 4.78 is 12.9. The molecule has 4 heteroatoms. The van der Waals surface area contributed by atoms with Crippen molar-refractivity contribution in [2.24, 2.45) is 5.92 Å². The monoisotopic (exact) mass is 277 g/mol. The zero-order valence-electron chi connectivity index (χ0n) is 11.9. The van der Waals surface area contributed by atoms with Crippen LogP contribution in [-0.4, -0.2) is 38.8 Å². The molecule has 0 saturated carbocycles. The highest BCUT2D eigenvalue weighted by atomic mass is 19.1. The largest absolute Gasteiger partial charge is 0.370 e. The molecule has 0 spiro atoms. The van der Waals surface area contributed by atoms with Crippen LogP contribution in [0.4, 0.5) is 10.1 Å². The number of halogens is 1. The first-order valence-electron chi connectivity index (χ1n) is 7.76. The molecule has 2 heterocycles. The molecule has 20 heavy (non-hydrogen) atoms. The summed E-state index contributed by atoms with van der Waals surface area (Å²) >= 11 is 0. The van der Waals surface area contributed by atoms with E-state index in [1.807, 2.05) is 12.1 Å². The Morgan fingerprint density at radius 3 is 2.65 bits per heavy atom. The van der Waals surface area contributed by atoms with Gasteiger partial charge in [-0.3, -0.25) is 0 Å². The summed E-state index contributed by atoms with van der Waals surface area (Å²) in [5.41, 5.74) is 1.14. The Kier molecular flexibility index (Phi) is 4.53. The van der Waals surface area contributed by atoms with E-state index in [0.717, 1.165) is 31.2 Å². The normalized spacial score (nSPS) is 24.2. The van der Waals surface area contributed by atoms with E-state index in [1.54, 1.807) is 12.1 Å². The molecule has 1 aromatic rings. The molecule has 3 rings (SSSR count). The van der Waals surface area contributed by atoms with Crippen LogP contribution in [0, 0.1) is 11.7 Å². The first kappa shape index (κ1) is 13.8. The van der Waals surface area contributed by atoms with E-state index < -0.39 is 0 Å². The summed E-state index contributed by atoms with van der Waals surface area (Å²) in [7, 11) is 0. The molecule has 110 valence electrons. The number of benzene rings is 1. The predicted octanol–water partition coefficient (Wildman–Crippen LogP) is 1.99. The lowest BCUT2D eigenvalue weighted by atomic mass is 9.98. The number of anilines is 1. The minimum absolute atomic E-state index is 0.159. The van der Waals surface area contributed by atoms with Crippen molar-refractivity contribution in [3.8, 4) is 0 Å². The van der Waals surface area contributed by atoms with Crippen LogP contribution in [0.5, 0.6) is 0 Å². The molecular formula is C16H24FN3. The van der Waals surface area contributed by atoms with E-state index in [-0.39, 0.29) is 5.82 Å². The van der Waals surface area contributed by atoms with Crippen LogP contribution < -0.4 is 15.5 Å². The molecule has 1 atom stereocenters. The Hall–Kier alpha value is -1.13. The van der Waals surface area contributed by atoms with E-state index in [2.05, 4.69) is 15.5 Å². The SMILES string of the molecule is Fc1ccc(N2CC[C@H](NCC3CCNCC3)C2)cc1. The summed E-state index contributed by atoms with van der Waals surface area (Å²) in [5.74, 6) is 0.671. The van der Waals surface area contributed by atoms with Crippen molar-refractivity contribution in [1.82, 2.24) is 10.6 Å². The van der Waals surface area contributed by atoms with Gasteiger partial charge in [0.25, 0.3) is 0 Å². The minimum Gasteiger partial charge on any atom is -0.370 e. The average Bonchev–Trinajstić information content (AvgIpc) is 2.96. The maximum absolute atomic E-state index is 12.9. The fourth-order valence-corrected chi connectivity index (χ4v) is 3.23. The van der Waals surface area contributed by atoms with Crippen molar-refractivity contribution in [3.05, 3.63) is 30.1 Å². The number of nitrogens with one attached hydrogen (secondary N) is 2. The lowest BCUT2D eigenvalue weighted by molar-refractivity contribution is 0.343. The van der Waals surface area contributed by atoms with E-state index in [0.29, 0.717) is 6.04 Å². The molecule has 2 saturated heterocycles. The van der Waals surface area contributed by atoms with Crippen LogP contribution in [0.2, 0.25) is 0 Å². The van der Waals surface area contributed by atoms with Crippen LogP contribution >= 0.6 is 0 Å². The molecule has 2 fully saturated rings. The molecule has 0 aromatic heterocycles. The predicted molar refractivity (Wildman–Crippen MR) is 80.6 cm³/mol. The maximum atomic E-state index is 12.9. The first-order valence-corrected chi connectivity index (χ1v) is 7.76. The van der Waals surface area contributed by atoms with Crippen molar-refractivity contribution < 1.29 is 4.39 Å². The van der Waals surface area contributed by atoms with Gasteiger partial charge in [-0.2, -0.15) is 0 Å². The Labute approximate surface area is 120 Å². The molecule has 0 amide bonds. The Morgan fingerprint density at radius 1 is 1.15 bits per heavy atom. The number of piperidine rings is 1. The Balaban J connectivity index is 1.45. The second-order valence-corrected chi connectivity index (χ2v) is 6.01. The second-order valence-electron chi connectivity index (χ2n) is 6.01. The van der Waals surface area contributed by atoms with Gasteiger partial charge in [-0.25, -0.2) is 4.39 Å². The number of nitrogens with zero attached hydrogens (tertiary/aromatic N) is 1. The molecule has 0 aliphatic carbocycles. The van der Waals surface area contributed by atoms with Gasteiger partial charge in [-0.1, -0.05) is 0 Å². The van der Waals surface area contributed by atoms with Crippen molar-refractivity contribution in [2.45, 2.75) is 25.3 Å². The highest BCUT2D eigenvalue weighted by Crippen LogP contribution is 2.21. The van der Waals surface area contributed by atoms with E-state index in [4.69, 9.17) is 0 Å². The molecular weight excluding hydrogens is 253 g/mol. The fourth-order valence-electron chi connectivity index (χ4n) is 3.23. The summed E-state index contributed by atoms with van der Waals surface area (Å²) in [6, 6.07) is 7.43. The first-order chi connectivity index (χ1) is 9.81. The highest BCUT2D eigenvalue weighted by Gasteiger charge is 2.23. The van der Waals surface area contributed by atoms with E-state index in [1.165, 1.54) is 32.4 Å². The van der Waals surface area contributed by atoms with Gasteiger partial charge in [0.15, 0.2) is 0 Å². The lowest BCUT2D eigenvalue weighted by Crippen LogP contribution is -2.39. The third-order valence-electron chi connectivity index (χ3n) is 4.53.